The molecule has 3 nitrogen and oxygen atoms in total. The molecule has 0 aliphatic carbocycles. The van der Waals surface area contributed by atoms with E-state index in [0.717, 1.165) is 10.6 Å². The maximum atomic E-state index is 10.2. The summed E-state index contributed by atoms with van der Waals surface area (Å²) in [4.78, 5) is 11.0. The smallest absolute Gasteiger partial charge is 0.549 e. The fourth-order valence-electron chi connectivity index (χ4n) is 0.833. The van der Waals surface area contributed by atoms with E-state index in [1.165, 1.54) is 11.8 Å². The molecule has 0 saturated carbocycles. The molecular formula is C9H9NaO3S. The summed E-state index contributed by atoms with van der Waals surface area (Å²) in [6.07, 6.45) is 0. The van der Waals surface area contributed by atoms with Gasteiger partial charge in [0.1, 0.15) is 5.75 Å². The Morgan fingerprint density at radius 2 is 2.29 bits per heavy atom. The number of benzene rings is 1. The summed E-state index contributed by atoms with van der Waals surface area (Å²) in [5.74, 6) is -0.371. The Morgan fingerprint density at radius 1 is 1.57 bits per heavy atom. The van der Waals surface area contributed by atoms with Crippen molar-refractivity contribution in [1.29, 1.82) is 0 Å². The van der Waals surface area contributed by atoms with E-state index >= 15 is 0 Å². The van der Waals surface area contributed by atoms with Crippen molar-refractivity contribution < 1.29 is 44.2 Å². The average Bonchev–Trinajstić information content (AvgIpc) is 2.15. The normalized spacial score (nSPS) is 8.93. The Hall–Kier alpha value is -0.160. The second-order valence-electron chi connectivity index (χ2n) is 2.34. The molecule has 0 unspecified atom stereocenters. The molecule has 0 aliphatic rings. The van der Waals surface area contributed by atoms with E-state index in [0.29, 0.717) is 0 Å². The van der Waals surface area contributed by atoms with Crippen LogP contribution in [0, 0.1) is 0 Å². The fourth-order valence-corrected chi connectivity index (χ4v) is 1.49. The third-order valence-corrected chi connectivity index (χ3v) is 2.37. The standard InChI is InChI=1S/C9H10O3S.Na/c1-12-7-3-2-4-8(5-7)13-6-9(10)11;/h2-5H,6H2,1H3,(H,10,11);/q;+1/p-1. The van der Waals surface area contributed by atoms with E-state index in [-0.39, 0.29) is 35.3 Å². The molecule has 0 radical (unpaired) electrons. The van der Waals surface area contributed by atoms with Crippen molar-refractivity contribution in [3.05, 3.63) is 24.3 Å². The summed E-state index contributed by atoms with van der Waals surface area (Å²) in [6.45, 7) is 0. The molecule has 0 bridgehead atoms. The molecular weight excluding hydrogens is 211 g/mol. The van der Waals surface area contributed by atoms with Gasteiger partial charge in [0.2, 0.25) is 0 Å². The molecule has 0 spiro atoms. The molecule has 14 heavy (non-hydrogen) atoms. The van der Waals surface area contributed by atoms with Gasteiger partial charge in [0.05, 0.1) is 13.1 Å². The second kappa shape index (κ2) is 7.17. The number of hydrogen-bond acceptors (Lipinski definition) is 4. The van der Waals surface area contributed by atoms with Crippen LogP contribution in [-0.4, -0.2) is 18.8 Å². The van der Waals surface area contributed by atoms with Crippen molar-refractivity contribution in [2.45, 2.75) is 4.90 Å². The molecule has 0 aliphatic heterocycles. The third kappa shape index (κ3) is 4.91. The van der Waals surface area contributed by atoms with Gasteiger partial charge in [-0.15, -0.1) is 11.8 Å². The van der Waals surface area contributed by atoms with Crippen LogP contribution in [0.15, 0.2) is 29.2 Å². The maximum absolute atomic E-state index is 10.2. The van der Waals surface area contributed by atoms with Crippen LogP contribution in [0.2, 0.25) is 0 Å². The Morgan fingerprint density at radius 3 is 2.86 bits per heavy atom. The minimum atomic E-state index is -1.06. The first-order chi connectivity index (χ1) is 6.22. The zero-order valence-electron chi connectivity index (χ0n) is 8.15. The van der Waals surface area contributed by atoms with Crippen molar-refractivity contribution in [3.8, 4) is 5.75 Å². The number of aliphatic carboxylic acids is 1. The molecule has 1 aromatic rings. The first kappa shape index (κ1) is 13.8. The van der Waals surface area contributed by atoms with E-state index in [2.05, 4.69) is 0 Å². The molecule has 0 heterocycles. The maximum Gasteiger partial charge on any atom is 1.00 e. The van der Waals surface area contributed by atoms with Crippen molar-refractivity contribution >= 4 is 17.7 Å². The van der Waals surface area contributed by atoms with Gasteiger partial charge >= 0.3 is 29.6 Å². The van der Waals surface area contributed by atoms with E-state index in [1.807, 2.05) is 18.2 Å². The molecule has 0 amide bonds. The summed E-state index contributed by atoms with van der Waals surface area (Å²) in [5, 5.41) is 10.2. The largest absolute Gasteiger partial charge is 1.00 e. The predicted molar refractivity (Wildman–Crippen MR) is 48.7 cm³/mol. The Kier molecular flexibility index (Phi) is 7.09. The van der Waals surface area contributed by atoms with E-state index in [1.54, 1.807) is 13.2 Å². The summed E-state index contributed by atoms with van der Waals surface area (Å²) in [7, 11) is 1.57. The number of carbonyl (C=O) groups is 1. The van der Waals surface area contributed by atoms with Crippen LogP contribution in [-0.2, 0) is 4.79 Å². The van der Waals surface area contributed by atoms with Gasteiger partial charge in [-0.05, 0) is 18.2 Å². The van der Waals surface area contributed by atoms with Gasteiger partial charge < -0.3 is 14.6 Å². The number of methoxy groups -OCH3 is 1. The molecule has 1 aromatic carbocycles. The number of hydrogen-bond donors (Lipinski definition) is 0. The summed E-state index contributed by atoms with van der Waals surface area (Å²) in [6, 6.07) is 7.24. The van der Waals surface area contributed by atoms with Crippen molar-refractivity contribution in [2.24, 2.45) is 0 Å². The minimum absolute atomic E-state index is 0. The van der Waals surface area contributed by atoms with Gasteiger partial charge in [-0.2, -0.15) is 0 Å². The van der Waals surface area contributed by atoms with Crippen LogP contribution >= 0.6 is 11.8 Å². The molecule has 0 saturated heterocycles. The third-order valence-electron chi connectivity index (χ3n) is 1.40. The van der Waals surface area contributed by atoms with Crippen LogP contribution in [0.5, 0.6) is 5.75 Å². The van der Waals surface area contributed by atoms with Crippen LogP contribution in [0.1, 0.15) is 0 Å². The van der Waals surface area contributed by atoms with Gasteiger partial charge in [-0.25, -0.2) is 0 Å². The Balaban J connectivity index is 0.00000169. The van der Waals surface area contributed by atoms with Gasteiger partial charge in [-0.1, -0.05) is 6.07 Å². The van der Waals surface area contributed by atoms with Crippen molar-refractivity contribution in [3.63, 3.8) is 0 Å². The molecule has 5 heteroatoms. The molecule has 1 rings (SSSR count). The molecule has 0 fully saturated rings. The number of thioether (sulfide) groups is 1. The zero-order chi connectivity index (χ0) is 9.68. The number of ether oxygens (including phenoxy) is 1. The summed E-state index contributed by atoms with van der Waals surface area (Å²) >= 11 is 1.22. The van der Waals surface area contributed by atoms with Crippen LogP contribution in [0.25, 0.3) is 0 Å². The molecule has 0 atom stereocenters. The molecule has 0 N–H and O–H groups in total. The first-order valence-corrected chi connectivity index (χ1v) is 4.67. The van der Waals surface area contributed by atoms with E-state index < -0.39 is 5.97 Å². The topological polar surface area (TPSA) is 49.4 Å². The second-order valence-corrected chi connectivity index (χ2v) is 3.39. The zero-order valence-corrected chi connectivity index (χ0v) is 11.0. The number of carboxylic acids is 1. The predicted octanol–water partition coefficient (Wildman–Crippen LogP) is -2.46. The average molecular weight is 220 g/mol. The van der Waals surface area contributed by atoms with Gasteiger partial charge in [0.25, 0.3) is 0 Å². The summed E-state index contributed by atoms with van der Waals surface area (Å²) in [5.41, 5.74) is 0. The van der Waals surface area contributed by atoms with Crippen molar-refractivity contribution in [1.82, 2.24) is 0 Å². The van der Waals surface area contributed by atoms with Gasteiger partial charge in [-0.3, -0.25) is 0 Å². The summed E-state index contributed by atoms with van der Waals surface area (Å²) < 4.78 is 4.99. The number of carbonyl (C=O) groups excluding carboxylic acids is 1. The Labute approximate surface area is 109 Å². The molecule has 0 aromatic heterocycles. The van der Waals surface area contributed by atoms with E-state index in [9.17, 15) is 9.90 Å². The fraction of sp³-hybridized carbons (Fsp3) is 0.222. The minimum Gasteiger partial charge on any atom is -0.549 e. The van der Waals surface area contributed by atoms with Gasteiger partial charge in [0.15, 0.2) is 0 Å². The van der Waals surface area contributed by atoms with Crippen LogP contribution in [0.3, 0.4) is 0 Å². The van der Waals surface area contributed by atoms with Crippen LogP contribution < -0.4 is 39.4 Å². The van der Waals surface area contributed by atoms with Crippen LogP contribution in [0.4, 0.5) is 0 Å². The monoisotopic (exact) mass is 220 g/mol. The van der Waals surface area contributed by atoms with E-state index in [4.69, 9.17) is 4.74 Å². The quantitative estimate of drug-likeness (QED) is 0.417. The number of rotatable bonds is 4. The first-order valence-electron chi connectivity index (χ1n) is 3.69. The Bertz CT molecular complexity index is 304. The number of carboxylic acid groups (broad SMARTS) is 1. The van der Waals surface area contributed by atoms with Gasteiger partial charge in [0, 0.05) is 10.6 Å². The van der Waals surface area contributed by atoms with Crippen molar-refractivity contribution in [2.75, 3.05) is 12.9 Å². The SMILES string of the molecule is COc1cccc(SCC(=O)[O-])c1.[Na+]. The molecule has 70 valence electrons.